The second-order valence-electron chi connectivity index (χ2n) is 3.68. The van der Waals surface area contributed by atoms with E-state index in [1.165, 1.54) is 0 Å². The Morgan fingerprint density at radius 2 is 1.94 bits per heavy atom. The van der Waals surface area contributed by atoms with Gasteiger partial charge in [0.05, 0.1) is 0 Å². The largest absolute Gasteiger partial charge is 0.350 e. The number of carbonyl (C=O) groups is 2. The topological polar surface area (TPSA) is 84.5 Å². The summed E-state index contributed by atoms with van der Waals surface area (Å²) >= 11 is 0. The second kappa shape index (κ2) is 4.21. The summed E-state index contributed by atoms with van der Waals surface area (Å²) < 4.78 is 0. The van der Waals surface area contributed by atoms with Gasteiger partial charge in [-0.3, -0.25) is 4.79 Å². The van der Waals surface area contributed by atoms with Gasteiger partial charge in [-0.1, -0.05) is 24.3 Å². The number of rotatable bonds is 1. The van der Waals surface area contributed by atoms with Crippen LogP contribution in [0.4, 0.5) is 4.79 Å². The second-order valence-corrected chi connectivity index (χ2v) is 3.68. The molecule has 1 aliphatic carbocycles. The van der Waals surface area contributed by atoms with E-state index in [4.69, 9.17) is 5.73 Å². The van der Waals surface area contributed by atoms with Gasteiger partial charge in [0.25, 0.3) is 0 Å². The zero-order valence-electron chi connectivity index (χ0n) is 9.23. The lowest BCUT2D eigenvalue weighted by Crippen LogP contribution is -2.28. The average molecular weight is 229 g/mol. The Balaban J connectivity index is 2.45. The van der Waals surface area contributed by atoms with Gasteiger partial charge in [-0.2, -0.15) is 5.10 Å². The number of hydrazone groups is 1. The molecule has 0 aromatic heterocycles. The Morgan fingerprint density at radius 1 is 1.29 bits per heavy atom. The van der Waals surface area contributed by atoms with Gasteiger partial charge in [-0.15, -0.1) is 0 Å². The Hall–Kier alpha value is -2.43. The molecule has 0 saturated carbocycles. The summed E-state index contributed by atoms with van der Waals surface area (Å²) in [6, 6.07) is 6.46. The number of carbonyl (C=O) groups excluding carboxylic acids is 2. The summed E-state index contributed by atoms with van der Waals surface area (Å²) in [5, 5.41) is 3.68. The van der Waals surface area contributed by atoms with Crippen LogP contribution in [0.1, 0.15) is 22.8 Å². The molecule has 1 aliphatic rings. The maximum Gasteiger partial charge on any atom is 0.332 e. The van der Waals surface area contributed by atoms with Crippen LogP contribution in [0, 0.1) is 0 Å². The first-order valence-corrected chi connectivity index (χ1v) is 5.05. The number of allylic oxidation sites excluding steroid dienone is 2. The molecule has 2 rings (SSSR count). The van der Waals surface area contributed by atoms with Crippen LogP contribution in [0.15, 0.2) is 35.4 Å². The number of ketones is 1. The first-order chi connectivity index (χ1) is 8.09. The number of Topliss-reactive ketones (excluding diaryl/α,β-unsaturated/α-hetero) is 1. The smallest absolute Gasteiger partial charge is 0.332 e. The van der Waals surface area contributed by atoms with E-state index in [0.717, 1.165) is 11.1 Å². The number of fused-ring (bicyclic) bond motifs is 1. The van der Waals surface area contributed by atoms with E-state index in [9.17, 15) is 9.59 Å². The molecule has 5 nitrogen and oxygen atoms in total. The molecule has 0 saturated heterocycles. The standard InChI is InChI=1S/C12H11N3O2/c1-7-6-10(14-15-12(13)17)11(16)9-5-3-2-4-8(7)9/h2-6H,1H3,(H3,13,15,17)/b14-10+. The molecule has 86 valence electrons. The van der Waals surface area contributed by atoms with E-state index in [2.05, 4.69) is 10.5 Å². The van der Waals surface area contributed by atoms with E-state index < -0.39 is 6.03 Å². The number of urea groups is 1. The van der Waals surface area contributed by atoms with Crippen molar-refractivity contribution < 1.29 is 9.59 Å². The van der Waals surface area contributed by atoms with Crippen molar-refractivity contribution in [1.29, 1.82) is 0 Å². The van der Waals surface area contributed by atoms with E-state index >= 15 is 0 Å². The van der Waals surface area contributed by atoms with Crippen molar-refractivity contribution in [3.8, 4) is 0 Å². The number of hydrogen-bond acceptors (Lipinski definition) is 3. The Morgan fingerprint density at radius 3 is 2.59 bits per heavy atom. The quantitative estimate of drug-likeness (QED) is 0.711. The zero-order chi connectivity index (χ0) is 12.4. The minimum Gasteiger partial charge on any atom is -0.350 e. The molecule has 0 radical (unpaired) electrons. The maximum absolute atomic E-state index is 12.0. The highest BCUT2D eigenvalue weighted by Crippen LogP contribution is 2.24. The minimum atomic E-state index is -0.796. The van der Waals surface area contributed by atoms with Crippen molar-refractivity contribution in [2.24, 2.45) is 10.8 Å². The highest BCUT2D eigenvalue weighted by molar-refractivity contribution is 6.52. The van der Waals surface area contributed by atoms with Crippen LogP contribution in [0.25, 0.3) is 5.57 Å². The molecule has 17 heavy (non-hydrogen) atoms. The normalized spacial score (nSPS) is 16.4. The van der Waals surface area contributed by atoms with Crippen LogP contribution in [0.3, 0.4) is 0 Å². The van der Waals surface area contributed by atoms with Crippen molar-refractivity contribution in [3.05, 3.63) is 41.5 Å². The highest BCUT2D eigenvalue weighted by atomic mass is 16.2. The van der Waals surface area contributed by atoms with Crippen LogP contribution < -0.4 is 11.2 Å². The third-order valence-corrected chi connectivity index (χ3v) is 2.47. The van der Waals surface area contributed by atoms with Gasteiger partial charge in [-0.05, 0) is 24.1 Å². The van der Waals surface area contributed by atoms with Crippen LogP contribution in [-0.2, 0) is 0 Å². The Labute approximate surface area is 98.0 Å². The van der Waals surface area contributed by atoms with E-state index in [1.54, 1.807) is 18.2 Å². The zero-order valence-corrected chi connectivity index (χ0v) is 9.23. The van der Waals surface area contributed by atoms with Gasteiger partial charge >= 0.3 is 6.03 Å². The molecule has 5 heteroatoms. The fraction of sp³-hybridized carbons (Fsp3) is 0.0833. The lowest BCUT2D eigenvalue weighted by molar-refractivity contribution is 0.106. The molecule has 0 bridgehead atoms. The van der Waals surface area contributed by atoms with Crippen LogP contribution in [0.5, 0.6) is 0 Å². The number of benzene rings is 1. The molecule has 0 spiro atoms. The van der Waals surface area contributed by atoms with Gasteiger partial charge < -0.3 is 5.73 Å². The lowest BCUT2D eigenvalue weighted by Gasteiger charge is -2.14. The SMILES string of the molecule is CC1=C/C(=N\NC(N)=O)C(=O)c2ccccc21. The predicted octanol–water partition coefficient (Wildman–Crippen LogP) is 1.31. The predicted molar refractivity (Wildman–Crippen MR) is 64.6 cm³/mol. The fourth-order valence-corrected chi connectivity index (χ4v) is 1.71. The third kappa shape index (κ3) is 2.08. The summed E-state index contributed by atoms with van der Waals surface area (Å²) in [7, 11) is 0. The summed E-state index contributed by atoms with van der Waals surface area (Å²) in [6.45, 7) is 1.88. The Kier molecular flexibility index (Phi) is 2.74. The number of amides is 2. The number of nitrogens with one attached hydrogen (secondary N) is 1. The molecule has 0 heterocycles. The summed E-state index contributed by atoms with van der Waals surface area (Å²) in [5.41, 5.74) is 9.52. The number of primary amides is 1. The van der Waals surface area contributed by atoms with Crippen LogP contribution in [0.2, 0.25) is 0 Å². The molecule has 0 unspecified atom stereocenters. The van der Waals surface area contributed by atoms with Crippen molar-refractivity contribution in [3.63, 3.8) is 0 Å². The first-order valence-electron chi connectivity index (χ1n) is 5.05. The molecule has 2 amide bonds. The van der Waals surface area contributed by atoms with Gasteiger partial charge in [-0.25, -0.2) is 10.2 Å². The van der Waals surface area contributed by atoms with Crippen molar-refractivity contribution in [2.75, 3.05) is 0 Å². The van der Waals surface area contributed by atoms with E-state index in [0.29, 0.717) is 5.56 Å². The highest BCUT2D eigenvalue weighted by Gasteiger charge is 2.21. The van der Waals surface area contributed by atoms with Gasteiger partial charge in [0.2, 0.25) is 5.78 Å². The van der Waals surface area contributed by atoms with Crippen molar-refractivity contribution >= 4 is 23.1 Å². The summed E-state index contributed by atoms with van der Waals surface area (Å²) in [6.07, 6.45) is 1.63. The third-order valence-electron chi connectivity index (χ3n) is 2.47. The van der Waals surface area contributed by atoms with E-state index in [1.807, 2.05) is 19.1 Å². The molecular formula is C12H11N3O2. The molecule has 1 aromatic rings. The first kappa shape index (κ1) is 11.1. The van der Waals surface area contributed by atoms with Gasteiger partial charge in [0, 0.05) is 5.56 Å². The van der Waals surface area contributed by atoms with Gasteiger partial charge in [0.15, 0.2) is 0 Å². The number of hydrogen-bond donors (Lipinski definition) is 2. The minimum absolute atomic E-state index is 0.181. The van der Waals surface area contributed by atoms with Crippen molar-refractivity contribution in [2.45, 2.75) is 6.92 Å². The van der Waals surface area contributed by atoms with E-state index in [-0.39, 0.29) is 11.5 Å². The molecule has 0 fully saturated rings. The average Bonchev–Trinajstić information content (AvgIpc) is 2.32. The molecular weight excluding hydrogens is 218 g/mol. The number of nitrogens with zero attached hydrogens (tertiary/aromatic N) is 1. The monoisotopic (exact) mass is 229 g/mol. The van der Waals surface area contributed by atoms with Crippen molar-refractivity contribution in [1.82, 2.24) is 5.43 Å². The molecule has 0 aliphatic heterocycles. The van der Waals surface area contributed by atoms with Crippen LogP contribution >= 0.6 is 0 Å². The molecule has 0 atom stereocenters. The summed E-state index contributed by atoms with van der Waals surface area (Å²) in [4.78, 5) is 22.6. The maximum atomic E-state index is 12.0. The van der Waals surface area contributed by atoms with Gasteiger partial charge in [0.1, 0.15) is 5.71 Å². The molecule has 1 aromatic carbocycles. The summed E-state index contributed by atoms with van der Waals surface area (Å²) in [5.74, 6) is -0.222. The number of nitrogens with two attached hydrogens (primary N) is 1. The van der Waals surface area contributed by atoms with Crippen LogP contribution in [-0.4, -0.2) is 17.5 Å². The lowest BCUT2D eigenvalue weighted by atomic mass is 9.90. The fourth-order valence-electron chi connectivity index (χ4n) is 1.71. The Bertz CT molecular complexity index is 559. The molecule has 3 N–H and O–H groups in total.